The maximum absolute atomic E-state index is 13.1. The molecule has 0 saturated carbocycles. The number of aromatic nitrogens is 2. The second kappa shape index (κ2) is 6.34. The van der Waals surface area contributed by atoms with Gasteiger partial charge < -0.3 is 14.5 Å². The molecule has 1 fully saturated rings. The second-order valence-electron chi connectivity index (χ2n) is 6.33. The number of carbonyl (C=O) groups excluding carboxylic acids is 1. The van der Waals surface area contributed by atoms with Crippen LogP contribution in [0.2, 0.25) is 0 Å². The van der Waals surface area contributed by atoms with Gasteiger partial charge in [-0.05, 0) is 36.2 Å². The van der Waals surface area contributed by atoms with E-state index in [1.54, 1.807) is 42.7 Å². The molecule has 1 aromatic carbocycles. The average Bonchev–Trinajstić information content (AvgIpc) is 3.30. The van der Waals surface area contributed by atoms with Gasteiger partial charge in [-0.1, -0.05) is 17.3 Å². The Morgan fingerprint density at radius 1 is 1.19 bits per heavy atom. The van der Waals surface area contributed by atoms with Crippen LogP contribution in [0.4, 0.5) is 4.39 Å². The minimum absolute atomic E-state index is 0.120. The summed E-state index contributed by atoms with van der Waals surface area (Å²) in [5.74, 6) is -0.203. The van der Waals surface area contributed by atoms with Crippen molar-refractivity contribution in [3.8, 4) is 11.3 Å². The number of amides is 1. The third-order valence-corrected chi connectivity index (χ3v) is 4.61. The van der Waals surface area contributed by atoms with E-state index in [4.69, 9.17) is 4.52 Å². The highest BCUT2D eigenvalue weighted by Crippen LogP contribution is 2.33. The van der Waals surface area contributed by atoms with Gasteiger partial charge in [-0.25, -0.2) is 4.39 Å². The first-order valence-electron chi connectivity index (χ1n) is 8.20. The average molecular weight is 353 g/mol. The molecule has 1 amide bonds. The smallest absolute Gasteiger partial charge is 0.276 e. The van der Waals surface area contributed by atoms with Crippen LogP contribution >= 0.6 is 0 Å². The first kappa shape index (κ1) is 16.4. The summed E-state index contributed by atoms with van der Waals surface area (Å²) in [5, 5.41) is 14.7. The maximum atomic E-state index is 13.1. The highest BCUT2D eigenvalue weighted by Gasteiger charge is 2.40. The van der Waals surface area contributed by atoms with Gasteiger partial charge in [0.2, 0.25) is 0 Å². The second-order valence-corrected chi connectivity index (χ2v) is 6.33. The van der Waals surface area contributed by atoms with Crippen molar-refractivity contribution in [1.82, 2.24) is 15.0 Å². The molecule has 4 rings (SSSR count). The number of hydrogen-bond donors (Lipinski definition) is 1. The molecule has 1 unspecified atom stereocenters. The van der Waals surface area contributed by atoms with E-state index in [0.29, 0.717) is 24.3 Å². The third-order valence-electron chi connectivity index (χ3n) is 4.61. The van der Waals surface area contributed by atoms with Gasteiger partial charge >= 0.3 is 0 Å². The largest absolute Gasteiger partial charge is 0.383 e. The van der Waals surface area contributed by atoms with Crippen LogP contribution in [0.15, 0.2) is 59.4 Å². The van der Waals surface area contributed by atoms with E-state index in [1.807, 2.05) is 0 Å². The molecule has 2 aromatic heterocycles. The van der Waals surface area contributed by atoms with Crippen molar-refractivity contribution < 1.29 is 18.8 Å². The van der Waals surface area contributed by atoms with Gasteiger partial charge in [-0.15, -0.1) is 0 Å². The van der Waals surface area contributed by atoms with E-state index >= 15 is 0 Å². The Kier molecular flexibility index (Phi) is 4.00. The molecule has 0 bridgehead atoms. The van der Waals surface area contributed by atoms with Crippen LogP contribution in [0.25, 0.3) is 11.3 Å². The number of pyridine rings is 1. The summed E-state index contributed by atoms with van der Waals surface area (Å²) in [6.45, 7) is 0.499. The van der Waals surface area contributed by atoms with E-state index in [0.717, 1.165) is 5.56 Å². The summed E-state index contributed by atoms with van der Waals surface area (Å²) in [4.78, 5) is 18.1. The number of carbonyl (C=O) groups is 1. The van der Waals surface area contributed by atoms with E-state index in [9.17, 15) is 14.3 Å². The first-order valence-corrected chi connectivity index (χ1v) is 8.20. The van der Waals surface area contributed by atoms with Crippen molar-refractivity contribution in [3.05, 3.63) is 71.9 Å². The number of likely N-dealkylation sites (tertiary alicyclic amines) is 1. The predicted octanol–water partition coefficient (Wildman–Crippen LogP) is 2.61. The lowest BCUT2D eigenvalue weighted by molar-refractivity contribution is 0.0414. The standard InChI is InChI=1S/C19H16FN3O3/c20-15-3-1-14(2-4-15)19(25)7-10-23(12-19)18(24)16-11-17(26-22-16)13-5-8-21-9-6-13/h1-6,8-9,11,25H,7,10,12H2. The molecule has 0 spiro atoms. The monoisotopic (exact) mass is 353 g/mol. The Bertz CT molecular complexity index is 927. The number of rotatable bonds is 3. The van der Waals surface area contributed by atoms with E-state index < -0.39 is 5.60 Å². The van der Waals surface area contributed by atoms with Crippen LogP contribution in [0.3, 0.4) is 0 Å². The Labute approximate surface area is 148 Å². The number of hydrogen-bond acceptors (Lipinski definition) is 5. The molecule has 1 saturated heterocycles. The number of β-amino-alcohol motifs (C(OH)–C–C–N with tert-alkyl or cyclic N) is 1. The zero-order valence-corrected chi connectivity index (χ0v) is 13.8. The Balaban J connectivity index is 1.51. The fourth-order valence-corrected chi connectivity index (χ4v) is 3.15. The molecule has 1 atom stereocenters. The number of benzene rings is 1. The molecule has 3 aromatic rings. The van der Waals surface area contributed by atoms with Gasteiger partial charge in [0.1, 0.15) is 11.4 Å². The first-order chi connectivity index (χ1) is 12.5. The lowest BCUT2D eigenvalue weighted by Gasteiger charge is -2.23. The molecule has 0 aliphatic carbocycles. The van der Waals surface area contributed by atoms with Crippen molar-refractivity contribution >= 4 is 5.91 Å². The van der Waals surface area contributed by atoms with E-state index in [1.165, 1.54) is 17.0 Å². The van der Waals surface area contributed by atoms with Gasteiger partial charge in [0.05, 0.1) is 6.54 Å². The van der Waals surface area contributed by atoms with Crippen molar-refractivity contribution in [2.24, 2.45) is 0 Å². The van der Waals surface area contributed by atoms with Crippen LogP contribution in [-0.2, 0) is 5.60 Å². The van der Waals surface area contributed by atoms with Crippen LogP contribution in [0, 0.1) is 5.82 Å². The Hall–Kier alpha value is -3.06. The molecule has 1 N–H and O–H groups in total. The van der Waals surface area contributed by atoms with Gasteiger partial charge in [-0.2, -0.15) is 0 Å². The molecular weight excluding hydrogens is 337 g/mol. The topological polar surface area (TPSA) is 79.5 Å². The van der Waals surface area contributed by atoms with E-state index in [2.05, 4.69) is 10.1 Å². The zero-order valence-electron chi connectivity index (χ0n) is 13.8. The number of halogens is 1. The lowest BCUT2D eigenvalue weighted by Crippen LogP contribution is -2.34. The number of nitrogens with zero attached hydrogens (tertiary/aromatic N) is 3. The Morgan fingerprint density at radius 3 is 2.65 bits per heavy atom. The molecule has 6 nitrogen and oxygen atoms in total. The molecular formula is C19H16FN3O3. The maximum Gasteiger partial charge on any atom is 0.276 e. The minimum atomic E-state index is -1.19. The van der Waals surface area contributed by atoms with Crippen LogP contribution in [0.1, 0.15) is 22.5 Å². The molecule has 1 aliphatic rings. The predicted molar refractivity (Wildman–Crippen MR) is 90.6 cm³/mol. The van der Waals surface area contributed by atoms with Crippen LogP contribution in [-0.4, -0.2) is 39.1 Å². The van der Waals surface area contributed by atoms with Crippen LogP contribution in [0.5, 0.6) is 0 Å². The number of aliphatic hydroxyl groups is 1. The summed E-state index contributed by atoms with van der Waals surface area (Å²) in [6, 6.07) is 10.8. The normalized spacial score (nSPS) is 19.7. The summed E-state index contributed by atoms with van der Waals surface area (Å²) in [5.41, 5.74) is 0.351. The van der Waals surface area contributed by atoms with Crippen LogP contribution < -0.4 is 0 Å². The Morgan fingerprint density at radius 2 is 1.92 bits per heavy atom. The fraction of sp³-hybridized carbons (Fsp3) is 0.211. The molecule has 7 heteroatoms. The summed E-state index contributed by atoms with van der Waals surface area (Å²) >= 11 is 0. The summed E-state index contributed by atoms with van der Waals surface area (Å²) < 4.78 is 18.3. The van der Waals surface area contributed by atoms with Gasteiger partial charge in [0, 0.05) is 30.6 Å². The molecule has 132 valence electrons. The molecule has 1 aliphatic heterocycles. The van der Waals surface area contributed by atoms with E-state index in [-0.39, 0.29) is 24.0 Å². The fourth-order valence-electron chi connectivity index (χ4n) is 3.15. The third kappa shape index (κ3) is 2.97. The summed E-state index contributed by atoms with van der Waals surface area (Å²) in [6.07, 6.45) is 3.63. The highest BCUT2D eigenvalue weighted by molar-refractivity contribution is 5.93. The lowest BCUT2D eigenvalue weighted by atomic mass is 9.93. The quantitative estimate of drug-likeness (QED) is 0.783. The highest BCUT2D eigenvalue weighted by atomic mass is 19.1. The van der Waals surface area contributed by atoms with Gasteiger partial charge in [0.25, 0.3) is 5.91 Å². The van der Waals surface area contributed by atoms with Crippen molar-refractivity contribution in [1.29, 1.82) is 0 Å². The summed E-state index contributed by atoms with van der Waals surface area (Å²) in [7, 11) is 0. The SMILES string of the molecule is O=C(c1cc(-c2ccncc2)on1)N1CCC(O)(c2ccc(F)cc2)C1. The van der Waals surface area contributed by atoms with Crippen molar-refractivity contribution in [2.75, 3.05) is 13.1 Å². The molecule has 3 heterocycles. The minimum Gasteiger partial charge on any atom is -0.383 e. The van der Waals surface area contributed by atoms with Gasteiger partial charge in [-0.3, -0.25) is 9.78 Å². The van der Waals surface area contributed by atoms with Crippen molar-refractivity contribution in [3.63, 3.8) is 0 Å². The molecule has 26 heavy (non-hydrogen) atoms. The van der Waals surface area contributed by atoms with Crippen molar-refractivity contribution in [2.45, 2.75) is 12.0 Å². The zero-order chi connectivity index (χ0) is 18.1. The molecule has 0 radical (unpaired) electrons. The van der Waals surface area contributed by atoms with Gasteiger partial charge in [0.15, 0.2) is 11.5 Å².